The van der Waals surface area contributed by atoms with Crippen molar-refractivity contribution in [3.8, 4) is 11.5 Å². The number of benzene rings is 1. The largest absolute Gasteiger partial charge is 0.454 e. The van der Waals surface area contributed by atoms with Crippen molar-refractivity contribution in [2.75, 3.05) is 6.79 Å². The number of fused-ring (bicyclic) bond motifs is 1. The molecule has 1 heterocycles. The number of carbonyl (C=O) groups excluding carboxylic acids is 1. The molecule has 0 aliphatic carbocycles. The molecular weight excluding hydrogens is 230 g/mol. The molecule has 1 aliphatic rings. The molecule has 1 unspecified atom stereocenters. The Hall–Kier alpha value is -2.31. The second-order valence-electron chi connectivity index (χ2n) is 3.36. The quantitative estimate of drug-likeness (QED) is 0.341. The van der Waals surface area contributed by atoms with Crippen LogP contribution in [0.4, 0.5) is 0 Å². The summed E-state index contributed by atoms with van der Waals surface area (Å²) in [5, 5.41) is 10.8. The van der Waals surface area contributed by atoms with Crippen LogP contribution in [0.25, 0.3) is 0 Å². The fourth-order valence-corrected chi connectivity index (χ4v) is 1.46. The molecule has 0 saturated heterocycles. The number of nitro groups is 1. The Labute approximate surface area is 96.0 Å². The molecule has 1 aliphatic heterocycles. The average molecular weight is 239 g/mol. The van der Waals surface area contributed by atoms with Crippen molar-refractivity contribution < 1.29 is 23.9 Å². The minimum Gasteiger partial charge on any atom is -0.454 e. The molecule has 1 aromatic carbocycles. The van der Waals surface area contributed by atoms with E-state index in [1.165, 1.54) is 18.2 Å². The van der Waals surface area contributed by atoms with Crippen LogP contribution in [0.1, 0.15) is 18.7 Å². The molecular formula is C10H9NO6. The minimum atomic E-state index is -1.53. The van der Waals surface area contributed by atoms with Gasteiger partial charge in [-0.05, 0) is 18.2 Å². The lowest BCUT2D eigenvalue weighted by atomic mass is 10.2. The van der Waals surface area contributed by atoms with Gasteiger partial charge in [-0.1, -0.05) is 0 Å². The highest BCUT2D eigenvalue weighted by atomic mass is 16.7. The Morgan fingerprint density at radius 2 is 2.18 bits per heavy atom. The van der Waals surface area contributed by atoms with E-state index in [-0.39, 0.29) is 12.4 Å². The fraction of sp³-hybridized carbons (Fsp3) is 0.300. The Morgan fingerprint density at radius 3 is 2.82 bits per heavy atom. The zero-order valence-corrected chi connectivity index (χ0v) is 8.91. The molecule has 0 fully saturated rings. The molecule has 90 valence electrons. The summed E-state index contributed by atoms with van der Waals surface area (Å²) < 4.78 is 14.8. The number of ether oxygens (including phenoxy) is 3. The molecule has 0 aromatic heterocycles. The maximum absolute atomic E-state index is 10.8. The van der Waals surface area contributed by atoms with Crippen LogP contribution in [0, 0.1) is 10.1 Å². The van der Waals surface area contributed by atoms with Crippen molar-refractivity contribution in [1.82, 2.24) is 0 Å². The zero-order chi connectivity index (χ0) is 12.4. The first-order valence-electron chi connectivity index (χ1n) is 4.78. The topological polar surface area (TPSA) is 87.9 Å². The number of nitrogens with zero attached hydrogens (tertiary/aromatic N) is 1. The van der Waals surface area contributed by atoms with Crippen LogP contribution in [0.5, 0.6) is 11.5 Å². The van der Waals surface area contributed by atoms with Gasteiger partial charge in [0.05, 0.1) is 10.5 Å². The number of hydrogen-bond acceptors (Lipinski definition) is 6. The molecule has 0 spiro atoms. The molecule has 0 N–H and O–H groups in total. The SMILES string of the molecule is CC(=O)OC(c1ccc2c(c1)OCO2)[N+](=O)[O-]. The summed E-state index contributed by atoms with van der Waals surface area (Å²) in [6.07, 6.45) is -1.53. The van der Waals surface area contributed by atoms with Crippen LogP contribution >= 0.6 is 0 Å². The van der Waals surface area contributed by atoms with Crippen molar-refractivity contribution in [1.29, 1.82) is 0 Å². The van der Waals surface area contributed by atoms with Crippen molar-refractivity contribution in [3.63, 3.8) is 0 Å². The Balaban J connectivity index is 2.30. The first-order chi connectivity index (χ1) is 8.08. The monoisotopic (exact) mass is 239 g/mol. The third-order valence-electron chi connectivity index (χ3n) is 2.15. The van der Waals surface area contributed by atoms with Gasteiger partial charge in [-0.2, -0.15) is 0 Å². The molecule has 0 saturated carbocycles. The average Bonchev–Trinajstić information content (AvgIpc) is 2.72. The highest BCUT2D eigenvalue weighted by molar-refractivity contribution is 5.66. The maximum atomic E-state index is 10.8. The summed E-state index contributed by atoms with van der Waals surface area (Å²) >= 11 is 0. The Morgan fingerprint density at radius 1 is 1.47 bits per heavy atom. The van der Waals surface area contributed by atoms with E-state index in [2.05, 4.69) is 4.74 Å². The van der Waals surface area contributed by atoms with Gasteiger partial charge in [-0.3, -0.25) is 14.9 Å². The predicted molar refractivity (Wildman–Crippen MR) is 54.1 cm³/mol. The van der Waals surface area contributed by atoms with Crippen molar-refractivity contribution >= 4 is 5.97 Å². The molecule has 1 aromatic rings. The van der Waals surface area contributed by atoms with E-state index in [0.29, 0.717) is 11.5 Å². The smallest absolute Gasteiger partial charge is 0.383 e. The van der Waals surface area contributed by atoms with Gasteiger partial charge in [0.1, 0.15) is 0 Å². The lowest BCUT2D eigenvalue weighted by molar-refractivity contribution is -0.575. The maximum Gasteiger partial charge on any atom is 0.383 e. The number of carbonyl (C=O) groups is 1. The van der Waals surface area contributed by atoms with Gasteiger partial charge in [0.2, 0.25) is 6.79 Å². The third kappa shape index (κ3) is 2.27. The summed E-state index contributed by atoms with van der Waals surface area (Å²) in [4.78, 5) is 20.9. The van der Waals surface area contributed by atoms with E-state index in [9.17, 15) is 14.9 Å². The van der Waals surface area contributed by atoms with E-state index in [4.69, 9.17) is 9.47 Å². The summed E-state index contributed by atoms with van der Waals surface area (Å²) in [7, 11) is 0. The van der Waals surface area contributed by atoms with Gasteiger partial charge in [-0.15, -0.1) is 0 Å². The summed E-state index contributed by atoms with van der Waals surface area (Å²) in [5.74, 6) is 0.199. The molecule has 7 heteroatoms. The first kappa shape index (κ1) is 11.2. The normalized spacial score (nSPS) is 14.2. The van der Waals surface area contributed by atoms with Gasteiger partial charge >= 0.3 is 12.2 Å². The molecule has 0 bridgehead atoms. The first-order valence-corrected chi connectivity index (χ1v) is 4.78. The van der Waals surface area contributed by atoms with E-state index < -0.39 is 17.1 Å². The summed E-state index contributed by atoms with van der Waals surface area (Å²) in [6.45, 7) is 1.19. The van der Waals surface area contributed by atoms with Gasteiger partial charge in [0.15, 0.2) is 11.5 Å². The summed E-state index contributed by atoms with van der Waals surface area (Å²) in [5.41, 5.74) is 0.231. The van der Waals surface area contributed by atoms with Crippen molar-refractivity contribution in [2.45, 2.75) is 13.2 Å². The summed E-state index contributed by atoms with van der Waals surface area (Å²) in [6, 6.07) is 4.43. The molecule has 0 amide bonds. The lowest BCUT2D eigenvalue weighted by Crippen LogP contribution is -2.17. The highest BCUT2D eigenvalue weighted by Gasteiger charge is 2.28. The zero-order valence-electron chi connectivity index (χ0n) is 8.91. The van der Waals surface area contributed by atoms with Gasteiger partial charge in [0.25, 0.3) is 0 Å². The molecule has 2 rings (SSSR count). The van der Waals surface area contributed by atoms with E-state index in [0.717, 1.165) is 6.92 Å². The van der Waals surface area contributed by atoms with Crippen LogP contribution < -0.4 is 9.47 Å². The predicted octanol–water partition coefficient (Wildman–Crippen LogP) is 1.25. The number of esters is 1. The molecule has 0 radical (unpaired) electrons. The van der Waals surface area contributed by atoms with E-state index >= 15 is 0 Å². The highest BCUT2D eigenvalue weighted by Crippen LogP contribution is 2.35. The van der Waals surface area contributed by atoms with E-state index in [1.54, 1.807) is 0 Å². The molecule has 7 nitrogen and oxygen atoms in total. The van der Waals surface area contributed by atoms with Crippen LogP contribution in [0.2, 0.25) is 0 Å². The molecule has 1 atom stereocenters. The van der Waals surface area contributed by atoms with Crippen LogP contribution in [0.15, 0.2) is 18.2 Å². The number of hydrogen-bond donors (Lipinski definition) is 0. The molecule has 17 heavy (non-hydrogen) atoms. The van der Waals surface area contributed by atoms with Gasteiger partial charge in [0, 0.05) is 6.92 Å². The van der Waals surface area contributed by atoms with Crippen molar-refractivity contribution in [2.24, 2.45) is 0 Å². The second kappa shape index (κ2) is 4.28. The fourth-order valence-electron chi connectivity index (χ4n) is 1.46. The van der Waals surface area contributed by atoms with E-state index in [1.807, 2.05) is 0 Å². The third-order valence-corrected chi connectivity index (χ3v) is 2.15. The second-order valence-corrected chi connectivity index (χ2v) is 3.36. The standard InChI is InChI=1S/C10H9NO6/c1-6(12)17-10(11(13)14)7-2-3-8-9(4-7)16-5-15-8/h2-4,10H,5H2,1H3. The lowest BCUT2D eigenvalue weighted by Gasteiger charge is -2.09. The van der Waals surface area contributed by atoms with Crippen LogP contribution in [-0.4, -0.2) is 17.7 Å². The van der Waals surface area contributed by atoms with Crippen molar-refractivity contribution in [3.05, 3.63) is 33.9 Å². The van der Waals surface area contributed by atoms with Gasteiger partial charge < -0.3 is 14.2 Å². The minimum absolute atomic E-state index is 0.0789. The Bertz CT molecular complexity index is 472. The van der Waals surface area contributed by atoms with Gasteiger partial charge in [-0.25, -0.2) is 0 Å². The van der Waals surface area contributed by atoms with Crippen LogP contribution in [0.3, 0.4) is 0 Å². The van der Waals surface area contributed by atoms with Crippen LogP contribution in [-0.2, 0) is 9.53 Å². The number of rotatable bonds is 3. The Kier molecular flexibility index (Phi) is 2.82.